The first-order valence-corrected chi connectivity index (χ1v) is 8.41. The first kappa shape index (κ1) is 23.9. The van der Waals surface area contributed by atoms with Gasteiger partial charge in [0.25, 0.3) is 0 Å². The third kappa shape index (κ3) is 6.21. The molecule has 0 aliphatic carbocycles. The molecule has 1 aromatic heterocycles. The van der Waals surface area contributed by atoms with Crippen LogP contribution >= 0.6 is 24.0 Å². The third-order valence-electron chi connectivity index (χ3n) is 4.22. The fourth-order valence-electron chi connectivity index (χ4n) is 2.67. The number of benzene rings is 1. The normalized spacial score (nSPS) is 11.2. The lowest BCUT2D eigenvalue weighted by Crippen LogP contribution is -2.36. The van der Waals surface area contributed by atoms with Crippen molar-refractivity contribution in [3.05, 3.63) is 40.7 Å². The van der Waals surface area contributed by atoms with Gasteiger partial charge >= 0.3 is 6.61 Å². The smallest absolute Gasteiger partial charge is 0.387 e. The number of aromatic nitrogens is 2. The number of guanidine groups is 1. The molecule has 0 aliphatic rings. The van der Waals surface area contributed by atoms with E-state index in [-0.39, 0.29) is 35.5 Å². The number of alkyl halides is 2. The number of ether oxygens (including phenoxy) is 2. The summed E-state index contributed by atoms with van der Waals surface area (Å²) in [5.41, 5.74) is 3.90. The lowest BCUT2D eigenvalue weighted by Gasteiger charge is -2.14. The van der Waals surface area contributed by atoms with Gasteiger partial charge in [0.15, 0.2) is 17.5 Å². The second-order valence-corrected chi connectivity index (χ2v) is 5.92. The van der Waals surface area contributed by atoms with Gasteiger partial charge in [0.2, 0.25) is 0 Å². The summed E-state index contributed by atoms with van der Waals surface area (Å²) in [6.45, 7) is 2.02. The Morgan fingerprint density at radius 2 is 1.89 bits per heavy atom. The molecule has 0 saturated carbocycles. The maximum Gasteiger partial charge on any atom is 0.387 e. The zero-order chi connectivity index (χ0) is 20.0. The molecule has 0 unspecified atom stereocenters. The summed E-state index contributed by atoms with van der Waals surface area (Å²) in [5, 5.41) is 10.8. The molecule has 0 amide bonds. The van der Waals surface area contributed by atoms with Crippen molar-refractivity contribution in [2.45, 2.75) is 33.5 Å². The molecule has 2 aromatic rings. The minimum Gasteiger partial charge on any atom is -0.493 e. The monoisotopic (exact) mass is 509 g/mol. The van der Waals surface area contributed by atoms with Crippen LogP contribution in [0.4, 0.5) is 8.78 Å². The highest BCUT2D eigenvalue weighted by atomic mass is 127. The van der Waals surface area contributed by atoms with Crippen LogP contribution in [0.3, 0.4) is 0 Å². The number of rotatable bonds is 7. The summed E-state index contributed by atoms with van der Waals surface area (Å²) in [7, 11) is 4.97. The number of aliphatic imine (C=N–C) groups is 1. The van der Waals surface area contributed by atoms with Crippen LogP contribution in [0.15, 0.2) is 23.2 Å². The Morgan fingerprint density at radius 1 is 1.21 bits per heavy atom. The summed E-state index contributed by atoms with van der Waals surface area (Å²) in [6, 6.07) is 4.88. The van der Waals surface area contributed by atoms with Gasteiger partial charge in [-0.1, -0.05) is 6.07 Å². The van der Waals surface area contributed by atoms with Gasteiger partial charge in [0.1, 0.15) is 0 Å². The van der Waals surface area contributed by atoms with Crippen molar-refractivity contribution >= 4 is 29.9 Å². The Labute approximate surface area is 180 Å². The van der Waals surface area contributed by atoms with Crippen LogP contribution in [0.25, 0.3) is 0 Å². The van der Waals surface area contributed by atoms with Gasteiger partial charge in [-0.2, -0.15) is 13.9 Å². The second kappa shape index (κ2) is 11.0. The number of aryl methyl sites for hydroxylation is 2. The Kier molecular flexibility index (Phi) is 9.42. The van der Waals surface area contributed by atoms with E-state index in [2.05, 4.69) is 25.5 Å². The Bertz CT molecular complexity index is 812. The summed E-state index contributed by atoms with van der Waals surface area (Å²) in [5.74, 6) is 0.838. The summed E-state index contributed by atoms with van der Waals surface area (Å²) in [4.78, 5) is 4.18. The van der Waals surface area contributed by atoms with Crippen molar-refractivity contribution < 1.29 is 18.3 Å². The number of methoxy groups -OCH3 is 1. The predicted molar refractivity (Wildman–Crippen MR) is 115 cm³/mol. The van der Waals surface area contributed by atoms with Crippen molar-refractivity contribution in [1.82, 2.24) is 20.4 Å². The van der Waals surface area contributed by atoms with Crippen LogP contribution in [0.2, 0.25) is 0 Å². The van der Waals surface area contributed by atoms with Gasteiger partial charge in [-0.05, 0) is 31.5 Å². The quantitative estimate of drug-likeness (QED) is 0.341. The molecule has 156 valence electrons. The molecule has 0 radical (unpaired) electrons. The highest BCUT2D eigenvalue weighted by molar-refractivity contribution is 14.0. The van der Waals surface area contributed by atoms with E-state index in [0.717, 1.165) is 22.5 Å². The SMILES string of the molecule is CN=C(NCc1ccc(OC)c(OC(F)F)c1)NCc1c(C)nn(C)c1C.I. The van der Waals surface area contributed by atoms with Crippen LogP contribution in [0, 0.1) is 13.8 Å². The van der Waals surface area contributed by atoms with Crippen molar-refractivity contribution in [3.63, 3.8) is 0 Å². The molecule has 7 nitrogen and oxygen atoms in total. The molecule has 2 N–H and O–H groups in total. The van der Waals surface area contributed by atoms with Gasteiger partial charge in [-0.3, -0.25) is 9.67 Å². The lowest BCUT2D eigenvalue weighted by atomic mass is 10.2. The average Bonchev–Trinajstić information content (AvgIpc) is 2.87. The van der Waals surface area contributed by atoms with Crippen molar-refractivity contribution in [1.29, 1.82) is 0 Å². The van der Waals surface area contributed by atoms with E-state index in [1.54, 1.807) is 19.2 Å². The van der Waals surface area contributed by atoms with E-state index in [1.165, 1.54) is 13.2 Å². The second-order valence-electron chi connectivity index (χ2n) is 5.92. The van der Waals surface area contributed by atoms with E-state index in [1.807, 2.05) is 25.6 Å². The molecule has 0 atom stereocenters. The van der Waals surface area contributed by atoms with Gasteiger partial charge in [-0.25, -0.2) is 0 Å². The number of halogens is 3. The van der Waals surface area contributed by atoms with Crippen LogP contribution in [-0.2, 0) is 20.1 Å². The molecule has 1 heterocycles. The van der Waals surface area contributed by atoms with Crippen LogP contribution < -0.4 is 20.1 Å². The molecule has 0 saturated heterocycles. The minimum atomic E-state index is -2.91. The van der Waals surface area contributed by atoms with Crippen LogP contribution in [0.5, 0.6) is 11.5 Å². The highest BCUT2D eigenvalue weighted by Gasteiger charge is 2.12. The topological polar surface area (TPSA) is 72.7 Å². The summed E-state index contributed by atoms with van der Waals surface area (Å²) < 4.78 is 36.5. The zero-order valence-corrected chi connectivity index (χ0v) is 18.9. The number of hydrogen-bond donors (Lipinski definition) is 2. The molecule has 0 fully saturated rings. The zero-order valence-electron chi connectivity index (χ0n) is 16.5. The summed E-state index contributed by atoms with van der Waals surface area (Å²) >= 11 is 0. The highest BCUT2D eigenvalue weighted by Crippen LogP contribution is 2.29. The summed E-state index contributed by atoms with van der Waals surface area (Å²) in [6.07, 6.45) is 0. The molecule has 28 heavy (non-hydrogen) atoms. The standard InChI is InChI=1S/C18H25F2N5O2.HI/c1-11-14(12(2)25(4)24-11)10-23-18(21-3)22-9-13-6-7-15(26-5)16(8-13)27-17(19)20;/h6-8,17H,9-10H2,1-5H3,(H2,21,22,23);1H. The van der Waals surface area contributed by atoms with Crippen LogP contribution in [0.1, 0.15) is 22.5 Å². The van der Waals surface area contributed by atoms with Crippen molar-refractivity contribution in [2.75, 3.05) is 14.2 Å². The predicted octanol–water partition coefficient (Wildman–Crippen LogP) is 3.13. The molecule has 10 heteroatoms. The Hall–Kier alpha value is -2.11. The molecule has 0 bridgehead atoms. The maximum atomic E-state index is 12.5. The van der Waals surface area contributed by atoms with E-state index >= 15 is 0 Å². The van der Waals surface area contributed by atoms with E-state index in [0.29, 0.717) is 19.0 Å². The van der Waals surface area contributed by atoms with Gasteiger partial charge in [0.05, 0.1) is 12.8 Å². The van der Waals surface area contributed by atoms with Gasteiger partial charge < -0.3 is 20.1 Å². The average molecular weight is 509 g/mol. The van der Waals surface area contributed by atoms with Crippen molar-refractivity contribution in [2.24, 2.45) is 12.0 Å². The maximum absolute atomic E-state index is 12.5. The van der Waals surface area contributed by atoms with Crippen molar-refractivity contribution in [3.8, 4) is 11.5 Å². The first-order chi connectivity index (χ1) is 12.8. The largest absolute Gasteiger partial charge is 0.493 e. The lowest BCUT2D eigenvalue weighted by molar-refractivity contribution is -0.0512. The minimum absolute atomic E-state index is 0. The van der Waals surface area contributed by atoms with Gasteiger partial charge in [0, 0.05) is 38.4 Å². The van der Waals surface area contributed by atoms with Crippen LogP contribution in [-0.4, -0.2) is 36.5 Å². The number of nitrogens with one attached hydrogen (secondary N) is 2. The molecular formula is C18H26F2IN5O2. The molecular weight excluding hydrogens is 483 g/mol. The fourth-order valence-corrected chi connectivity index (χ4v) is 2.67. The van der Waals surface area contributed by atoms with E-state index < -0.39 is 6.61 Å². The molecule has 1 aromatic carbocycles. The first-order valence-electron chi connectivity index (χ1n) is 8.41. The fraction of sp³-hybridized carbons (Fsp3) is 0.444. The molecule has 0 spiro atoms. The Balaban J connectivity index is 0.00000392. The number of hydrogen-bond acceptors (Lipinski definition) is 4. The molecule has 0 aliphatic heterocycles. The molecule has 2 rings (SSSR count). The third-order valence-corrected chi connectivity index (χ3v) is 4.22. The van der Waals surface area contributed by atoms with E-state index in [9.17, 15) is 8.78 Å². The van der Waals surface area contributed by atoms with Gasteiger partial charge in [-0.15, -0.1) is 24.0 Å². The number of nitrogens with zero attached hydrogens (tertiary/aromatic N) is 3. The van der Waals surface area contributed by atoms with E-state index in [4.69, 9.17) is 4.74 Å². The Morgan fingerprint density at radius 3 is 2.43 bits per heavy atom.